The first-order valence-electron chi connectivity index (χ1n) is 6.77. The molecule has 0 saturated carbocycles. The van der Waals surface area contributed by atoms with Gasteiger partial charge in [0, 0.05) is 13.1 Å². The smallest absolute Gasteiger partial charge is 0.348 e. The number of anilines is 1. The molecule has 0 radical (unpaired) electrons. The van der Waals surface area contributed by atoms with Crippen molar-refractivity contribution in [2.75, 3.05) is 25.9 Å². The van der Waals surface area contributed by atoms with Gasteiger partial charge in [-0.25, -0.2) is 4.79 Å². The van der Waals surface area contributed by atoms with Crippen LogP contribution in [0.2, 0.25) is 0 Å². The Morgan fingerprint density at radius 3 is 2.40 bits per heavy atom. The number of ether oxygens (including phenoxy) is 1. The van der Waals surface area contributed by atoms with Crippen molar-refractivity contribution in [1.82, 2.24) is 4.90 Å². The number of thiophene rings is 1. The zero-order valence-electron chi connectivity index (χ0n) is 12.1. The van der Waals surface area contributed by atoms with Crippen molar-refractivity contribution >= 4 is 28.2 Å². The Hall–Kier alpha value is -1.56. The fourth-order valence-electron chi connectivity index (χ4n) is 2.56. The Morgan fingerprint density at radius 1 is 1.30 bits per heavy atom. The molecule has 2 N–H and O–H groups in total. The molecule has 1 saturated heterocycles. The van der Waals surface area contributed by atoms with Gasteiger partial charge >= 0.3 is 5.97 Å². The summed E-state index contributed by atoms with van der Waals surface area (Å²) in [5.74, 6) is -0.444. The molecule has 2 heterocycles. The Morgan fingerprint density at radius 2 is 1.90 bits per heavy atom. The fraction of sp³-hybridized carbons (Fsp3) is 0.571. The number of hydrogen-bond acceptors (Lipinski definition) is 5. The first kappa shape index (κ1) is 14.8. The minimum atomic E-state index is -0.425. The zero-order chi connectivity index (χ0) is 14.9. The molecule has 0 aromatic carbocycles. The minimum absolute atomic E-state index is 0.0409. The van der Waals surface area contributed by atoms with Gasteiger partial charge in [-0.15, -0.1) is 11.3 Å². The highest BCUT2D eigenvalue weighted by atomic mass is 32.1. The molecule has 1 aliphatic rings. The molecule has 1 aliphatic heterocycles. The number of nitrogens with two attached hydrogens (primary N) is 1. The second kappa shape index (κ2) is 5.83. The predicted octanol–water partition coefficient (Wildman–Crippen LogP) is 2.48. The van der Waals surface area contributed by atoms with Crippen molar-refractivity contribution in [3.05, 3.63) is 16.0 Å². The molecular weight excluding hydrogens is 276 g/mol. The maximum Gasteiger partial charge on any atom is 0.348 e. The molecule has 1 aromatic rings. The maximum absolute atomic E-state index is 12.6. The van der Waals surface area contributed by atoms with Crippen molar-refractivity contribution in [2.45, 2.75) is 32.6 Å². The number of rotatable bonds is 3. The van der Waals surface area contributed by atoms with Gasteiger partial charge in [0.15, 0.2) is 0 Å². The van der Waals surface area contributed by atoms with E-state index in [1.165, 1.54) is 7.11 Å². The summed E-state index contributed by atoms with van der Waals surface area (Å²) in [5.41, 5.74) is 7.22. The second-order valence-corrected chi connectivity index (χ2v) is 6.28. The molecule has 110 valence electrons. The number of hydrogen-bond donors (Lipinski definition) is 1. The Kier molecular flexibility index (Phi) is 4.32. The van der Waals surface area contributed by atoms with E-state index in [1.807, 2.05) is 18.7 Å². The number of methoxy groups -OCH3 is 1. The predicted molar refractivity (Wildman–Crippen MR) is 79.3 cm³/mol. The second-order valence-electron chi connectivity index (χ2n) is 5.23. The third-order valence-electron chi connectivity index (χ3n) is 3.53. The standard InChI is InChI=1S/C14H20N2O3S/c1-8(2)9-10(13(17)16-6-4-5-7-16)12(15)20-11(9)14(18)19-3/h8H,4-7,15H2,1-3H3. The van der Waals surface area contributed by atoms with E-state index in [4.69, 9.17) is 10.5 Å². The van der Waals surface area contributed by atoms with Crippen LogP contribution in [0.5, 0.6) is 0 Å². The van der Waals surface area contributed by atoms with Gasteiger partial charge in [0.25, 0.3) is 5.91 Å². The van der Waals surface area contributed by atoms with Gasteiger partial charge in [0.1, 0.15) is 4.88 Å². The average molecular weight is 296 g/mol. The van der Waals surface area contributed by atoms with Gasteiger partial charge in [-0.2, -0.15) is 0 Å². The van der Waals surface area contributed by atoms with E-state index in [0.717, 1.165) is 42.8 Å². The van der Waals surface area contributed by atoms with Crippen LogP contribution in [0, 0.1) is 0 Å². The SMILES string of the molecule is COC(=O)c1sc(N)c(C(=O)N2CCCC2)c1C(C)C. The molecular formula is C14H20N2O3S. The Labute approximate surface area is 122 Å². The van der Waals surface area contributed by atoms with Crippen LogP contribution in [-0.4, -0.2) is 37.0 Å². The Balaban J connectivity index is 2.48. The molecule has 1 aromatic heterocycles. The van der Waals surface area contributed by atoms with E-state index in [2.05, 4.69) is 0 Å². The van der Waals surface area contributed by atoms with Crippen molar-refractivity contribution < 1.29 is 14.3 Å². The molecule has 20 heavy (non-hydrogen) atoms. The van der Waals surface area contributed by atoms with Crippen molar-refractivity contribution in [1.29, 1.82) is 0 Å². The topological polar surface area (TPSA) is 72.6 Å². The maximum atomic E-state index is 12.6. The van der Waals surface area contributed by atoms with Gasteiger partial charge in [-0.1, -0.05) is 13.8 Å². The van der Waals surface area contributed by atoms with Crippen molar-refractivity contribution in [2.24, 2.45) is 0 Å². The van der Waals surface area contributed by atoms with Gasteiger partial charge in [-0.05, 0) is 24.3 Å². The lowest BCUT2D eigenvalue weighted by atomic mass is 9.97. The summed E-state index contributed by atoms with van der Waals surface area (Å²) in [5, 5.41) is 0.408. The molecule has 5 nitrogen and oxygen atoms in total. The minimum Gasteiger partial charge on any atom is -0.465 e. The summed E-state index contributed by atoms with van der Waals surface area (Å²) in [6.45, 7) is 5.43. The van der Waals surface area contributed by atoms with E-state index >= 15 is 0 Å². The first-order valence-corrected chi connectivity index (χ1v) is 7.58. The quantitative estimate of drug-likeness (QED) is 0.870. The Bertz CT molecular complexity index is 531. The van der Waals surface area contributed by atoms with Crippen LogP contribution in [0.15, 0.2) is 0 Å². The summed E-state index contributed by atoms with van der Waals surface area (Å²) >= 11 is 1.14. The number of nitrogen functional groups attached to an aromatic ring is 1. The number of likely N-dealkylation sites (tertiary alicyclic amines) is 1. The van der Waals surface area contributed by atoms with Crippen LogP contribution >= 0.6 is 11.3 Å². The third-order valence-corrected chi connectivity index (χ3v) is 4.54. The fourth-order valence-corrected chi connectivity index (χ4v) is 3.69. The molecule has 0 unspecified atom stereocenters. The van der Waals surface area contributed by atoms with E-state index in [1.54, 1.807) is 0 Å². The van der Waals surface area contributed by atoms with Crippen molar-refractivity contribution in [3.63, 3.8) is 0 Å². The van der Waals surface area contributed by atoms with Crippen LogP contribution in [0.25, 0.3) is 0 Å². The van der Waals surface area contributed by atoms with E-state index < -0.39 is 5.97 Å². The normalized spacial score (nSPS) is 14.9. The van der Waals surface area contributed by atoms with Gasteiger partial charge in [0.05, 0.1) is 17.7 Å². The largest absolute Gasteiger partial charge is 0.465 e. The molecule has 1 amide bonds. The number of carbonyl (C=O) groups excluding carboxylic acids is 2. The van der Waals surface area contributed by atoms with Crippen LogP contribution in [0.4, 0.5) is 5.00 Å². The van der Waals surface area contributed by atoms with Gasteiger partial charge < -0.3 is 15.4 Å². The molecule has 0 aliphatic carbocycles. The summed E-state index contributed by atoms with van der Waals surface area (Å²) in [6.07, 6.45) is 2.05. The lowest BCUT2D eigenvalue weighted by Gasteiger charge is -2.17. The molecule has 0 spiro atoms. The summed E-state index contributed by atoms with van der Waals surface area (Å²) < 4.78 is 4.79. The highest BCUT2D eigenvalue weighted by Crippen LogP contribution is 2.37. The highest BCUT2D eigenvalue weighted by Gasteiger charge is 2.31. The highest BCUT2D eigenvalue weighted by molar-refractivity contribution is 7.18. The lowest BCUT2D eigenvalue weighted by Crippen LogP contribution is -2.29. The van der Waals surface area contributed by atoms with Gasteiger partial charge in [0.2, 0.25) is 0 Å². The summed E-state index contributed by atoms with van der Waals surface area (Å²) in [4.78, 5) is 26.7. The average Bonchev–Trinajstić information content (AvgIpc) is 3.04. The zero-order valence-corrected chi connectivity index (χ0v) is 12.9. The molecule has 2 rings (SSSR count). The van der Waals surface area contributed by atoms with Crippen LogP contribution in [0.3, 0.4) is 0 Å². The van der Waals surface area contributed by atoms with E-state index in [9.17, 15) is 9.59 Å². The van der Waals surface area contributed by atoms with Crippen LogP contribution in [0.1, 0.15) is 58.2 Å². The van der Waals surface area contributed by atoms with E-state index in [0.29, 0.717) is 15.4 Å². The monoisotopic (exact) mass is 296 g/mol. The van der Waals surface area contributed by atoms with Crippen molar-refractivity contribution in [3.8, 4) is 0 Å². The number of amides is 1. The molecule has 0 atom stereocenters. The first-order chi connectivity index (χ1) is 9.47. The van der Waals surface area contributed by atoms with Crippen LogP contribution in [-0.2, 0) is 4.74 Å². The molecule has 0 bridgehead atoms. The summed E-state index contributed by atoms with van der Waals surface area (Å²) in [6, 6.07) is 0. The molecule has 6 heteroatoms. The molecule has 1 fully saturated rings. The van der Waals surface area contributed by atoms with E-state index in [-0.39, 0.29) is 11.8 Å². The van der Waals surface area contributed by atoms with Crippen LogP contribution < -0.4 is 5.73 Å². The lowest BCUT2D eigenvalue weighted by molar-refractivity contribution is 0.0604. The summed E-state index contributed by atoms with van der Waals surface area (Å²) in [7, 11) is 1.34. The number of nitrogens with zero attached hydrogens (tertiary/aromatic N) is 1. The number of esters is 1. The third kappa shape index (κ3) is 2.52. The van der Waals surface area contributed by atoms with Gasteiger partial charge in [-0.3, -0.25) is 4.79 Å². The number of carbonyl (C=O) groups is 2.